The average molecular weight is 231 g/mol. The predicted molar refractivity (Wildman–Crippen MR) is 66.6 cm³/mol. The van der Waals surface area contributed by atoms with Crippen molar-refractivity contribution in [3.05, 3.63) is 47.8 Å². The molecule has 1 aromatic carbocycles. The van der Waals surface area contributed by atoms with E-state index in [-0.39, 0.29) is 0 Å². The molecule has 2 aromatic rings. The summed E-state index contributed by atoms with van der Waals surface area (Å²) in [4.78, 5) is 0. The number of phenolic OH excluding ortho intramolecular Hbond substituents is 1. The van der Waals surface area contributed by atoms with Gasteiger partial charge >= 0.3 is 0 Å². The van der Waals surface area contributed by atoms with E-state index in [1.807, 2.05) is 35.3 Å². The second kappa shape index (κ2) is 5.50. The highest BCUT2D eigenvalue weighted by Gasteiger charge is 2.00. The third-order valence-electron chi connectivity index (χ3n) is 2.65. The van der Waals surface area contributed by atoms with Crippen molar-refractivity contribution in [3.63, 3.8) is 0 Å². The number of hydrogen-bond donors (Lipinski definition) is 2. The van der Waals surface area contributed by atoms with Gasteiger partial charge in [0.1, 0.15) is 5.75 Å². The van der Waals surface area contributed by atoms with Gasteiger partial charge in [-0.3, -0.25) is 4.68 Å². The molecule has 1 aromatic heterocycles. The first-order chi connectivity index (χ1) is 8.29. The summed E-state index contributed by atoms with van der Waals surface area (Å²) < 4.78 is 1.90. The molecule has 4 heteroatoms. The van der Waals surface area contributed by atoms with Crippen molar-refractivity contribution in [2.45, 2.75) is 26.6 Å². The lowest BCUT2D eigenvalue weighted by molar-refractivity contribution is 0.464. The van der Waals surface area contributed by atoms with Crippen molar-refractivity contribution in [1.82, 2.24) is 15.1 Å². The minimum absolute atomic E-state index is 0.337. The van der Waals surface area contributed by atoms with Gasteiger partial charge in [0, 0.05) is 37.0 Å². The number of aromatic hydroxyl groups is 1. The molecule has 0 unspecified atom stereocenters. The molecule has 0 bridgehead atoms. The maximum atomic E-state index is 9.59. The van der Waals surface area contributed by atoms with Crippen LogP contribution in [0.1, 0.15) is 18.1 Å². The Kier molecular flexibility index (Phi) is 3.77. The van der Waals surface area contributed by atoms with Crippen LogP contribution in [0.4, 0.5) is 0 Å². The normalized spacial score (nSPS) is 10.6. The number of aromatic nitrogens is 2. The number of hydrogen-bond acceptors (Lipinski definition) is 3. The molecule has 0 aliphatic carbocycles. The molecule has 2 rings (SSSR count). The quantitative estimate of drug-likeness (QED) is 0.826. The molecule has 90 valence electrons. The van der Waals surface area contributed by atoms with Crippen molar-refractivity contribution in [1.29, 1.82) is 0 Å². The number of phenols is 1. The van der Waals surface area contributed by atoms with Crippen LogP contribution in [0.2, 0.25) is 0 Å². The van der Waals surface area contributed by atoms with Crippen molar-refractivity contribution in [3.8, 4) is 5.75 Å². The lowest BCUT2D eigenvalue weighted by Gasteiger charge is -2.05. The highest BCUT2D eigenvalue weighted by Crippen LogP contribution is 2.14. The zero-order valence-corrected chi connectivity index (χ0v) is 9.93. The van der Waals surface area contributed by atoms with Gasteiger partial charge in [0.25, 0.3) is 0 Å². The first kappa shape index (κ1) is 11.7. The van der Waals surface area contributed by atoms with E-state index < -0.39 is 0 Å². The van der Waals surface area contributed by atoms with E-state index in [0.29, 0.717) is 12.3 Å². The van der Waals surface area contributed by atoms with E-state index in [2.05, 4.69) is 17.3 Å². The molecule has 1 heterocycles. The van der Waals surface area contributed by atoms with E-state index in [1.54, 1.807) is 6.07 Å². The van der Waals surface area contributed by atoms with E-state index in [9.17, 15) is 5.11 Å². The molecular weight excluding hydrogens is 214 g/mol. The molecule has 0 fully saturated rings. The highest BCUT2D eigenvalue weighted by atomic mass is 16.3. The number of para-hydroxylation sites is 1. The molecule has 0 saturated heterocycles. The van der Waals surface area contributed by atoms with E-state index >= 15 is 0 Å². The fourth-order valence-corrected chi connectivity index (χ4v) is 1.67. The SMILES string of the molecule is CCn1cc(CNCc2ccccc2O)cn1. The van der Waals surface area contributed by atoms with Crippen LogP contribution in [0, 0.1) is 0 Å². The van der Waals surface area contributed by atoms with E-state index in [0.717, 1.165) is 24.2 Å². The summed E-state index contributed by atoms with van der Waals surface area (Å²) in [6.45, 7) is 4.37. The van der Waals surface area contributed by atoms with Crippen LogP contribution < -0.4 is 5.32 Å². The first-order valence-electron chi connectivity index (χ1n) is 5.78. The van der Waals surface area contributed by atoms with Crippen molar-refractivity contribution in [2.24, 2.45) is 0 Å². The molecule has 4 nitrogen and oxygen atoms in total. The van der Waals surface area contributed by atoms with Crippen molar-refractivity contribution >= 4 is 0 Å². The Morgan fingerprint density at radius 2 is 2.12 bits per heavy atom. The Morgan fingerprint density at radius 1 is 1.29 bits per heavy atom. The second-order valence-electron chi connectivity index (χ2n) is 3.94. The van der Waals surface area contributed by atoms with Crippen LogP contribution in [-0.4, -0.2) is 14.9 Å². The van der Waals surface area contributed by atoms with Gasteiger partial charge in [-0.05, 0) is 13.0 Å². The van der Waals surface area contributed by atoms with Crippen LogP contribution in [0.15, 0.2) is 36.7 Å². The van der Waals surface area contributed by atoms with Gasteiger partial charge in [-0.25, -0.2) is 0 Å². The maximum Gasteiger partial charge on any atom is 0.120 e. The molecule has 0 spiro atoms. The monoisotopic (exact) mass is 231 g/mol. The second-order valence-corrected chi connectivity index (χ2v) is 3.94. The summed E-state index contributed by atoms with van der Waals surface area (Å²) in [5, 5.41) is 17.1. The molecule has 0 atom stereocenters. The number of nitrogens with one attached hydrogen (secondary N) is 1. The van der Waals surface area contributed by atoms with Gasteiger partial charge in [0.2, 0.25) is 0 Å². The zero-order valence-electron chi connectivity index (χ0n) is 9.93. The lowest BCUT2D eigenvalue weighted by Crippen LogP contribution is -2.12. The molecule has 0 aliphatic heterocycles. The van der Waals surface area contributed by atoms with Gasteiger partial charge in [0.15, 0.2) is 0 Å². The fraction of sp³-hybridized carbons (Fsp3) is 0.308. The molecule has 2 N–H and O–H groups in total. The van der Waals surface area contributed by atoms with E-state index in [4.69, 9.17) is 0 Å². The molecular formula is C13H17N3O. The van der Waals surface area contributed by atoms with Crippen molar-refractivity contribution in [2.75, 3.05) is 0 Å². The Morgan fingerprint density at radius 3 is 2.82 bits per heavy atom. The third-order valence-corrected chi connectivity index (χ3v) is 2.65. The Labute approximate surface area is 101 Å². The van der Waals surface area contributed by atoms with Gasteiger partial charge in [-0.2, -0.15) is 5.10 Å². The molecule has 0 saturated carbocycles. The summed E-state index contributed by atoms with van der Waals surface area (Å²) in [6.07, 6.45) is 3.89. The predicted octanol–water partition coefficient (Wildman–Crippen LogP) is 1.90. The number of nitrogens with zero attached hydrogens (tertiary/aromatic N) is 2. The minimum atomic E-state index is 0.337. The smallest absolute Gasteiger partial charge is 0.120 e. The van der Waals surface area contributed by atoms with Crippen LogP contribution in [0.3, 0.4) is 0 Å². The van der Waals surface area contributed by atoms with Gasteiger partial charge in [-0.1, -0.05) is 18.2 Å². The summed E-state index contributed by atoms with van der Waals surface area (Å²) in [7, 11) is 0. The molecule has 0 amide bonds. The Balaban J connectivity index is 1.85. The largest absolute Gasteiger partial charge is 0.508 e. The van der Waals surface area contributed by atoms with Gasteiger partial charge in [0.05, 0.1) is 6.20 Å². The average Bonchev–Trinajstić information content (AvgIpc) is 2.80. The summed E-state index contributed by atoms with van der Waals surface area (Å²) in [5.41, 5.74) is 2.07. The standard InChI is InChI=1S/C13H17N3O/c1-2-16-10-11(8-15-16)7-14-9-12-5-3-4-6-13(12)17/h3-6,8,10,14,17H,2,7,9H2,1H3. The number of rotatable bonds is 5. The summed E-state index contributed by atoms with van der Waals surface area (Å²) >= 11 is 0. The Bertz CT molecular complexity index is 479. The molecule has 0 radical (unpaired) electrons. The summed E-state index contributed by atoms with van der Waals surface area (Å²) in [6, 6.07) is 7.36. The van der Waals surface area contributed by atoms with Crippen LogP contribution in [0.5, 0.6) is 5.75 Å². The first-order valence-corrected chi connectivity index (χ1v) is 5.78. The lowest BCUT2D eigenvalue weighted by atomic mass is 10.2. The zero-order chi connectivity index (χ0) is 12.1. The fourth-order valence-electron chi connectivity index (χ4n) is 1.67. The topological polar surface area (TPSA) is 50.1 Å². The number of aryl methyl sites for hydroxylation is 1. The molecule has 17 heavy (non-hydrogen) atoms. The van der Waals surface area contributed by atoms with Crippen molar-refractivity contribution < 1.29 is 5.11 Å². The van der Waals surface area contributed by atoms with Gasteiger partial charge < -0.3 is 10.4 Å². The Hall–Kier alpha value is -1.81. The minimum Gasteiger partial charge on any atom is -0.508 e. The third kappa shape index (κ3) is 3.07. The number of benzene rings is 1. The maximum absolute atomic E-state index is 9.59. The molecule has 0 aliphatic rings. The van der Waals surface area contributed by atoms with Gasteiger partial charge in [-0.15, -0.1) is 0 Å². The van der Waals surface area contributed by atoms with Crippen LogP contribution in [-0.2, 0) is 19.6 Å². The van der Waals surface area contributed by atoms with Crippen LogP contribution >= 0.6 is 0 Å². The van der Waals surface area contributed by atoms with E-state index in [1.165, 1.54) is 0 Å². The van der Waals surface area contributed by atoms with Crippen LogP contribution in [0.25, 0.3) is 0 Å². The summed E-state index contributed by atoms with van der Waals surface area (Å²) in [5.74, 6) is 0.337. The highest BCUT2D eigenvalue weighted by molar-refractivity contribution is 5.31.